The largest absolute Gasteiger partial charge is 0.337 e. The van der Waals surface area contributed by atoms with Gasteiger partial charge in [-0.05, 0) is 39.7 Å². The molecular weight excluding hydrogens is 348 g/mol. The standard InChI is InChI=1S/C12H12BrClN4S/c1-18(19-2)10-6-4-3-5-9(10)16-11-8(13)7-15-12(14)17-11/h3-7H,1-2H3,(H,15,16,17). The van der Waals surface area contributed by atoms with E-state index in [9.17, 15) is 0 Å². The molecule has 0 bridgehead atoms. The maximum atomic E-state index is 5.82. The lowest BCUT2D eigenvalue weighted by Gasteiger charge is -2.20. The number of nitrogens with one attached hydrogen (secondary N) is 1. The molecule has 19 heavy (non-hydrogen) atoms. The highest BCUT2D eigenvalue weighted by molar-refractivity contribution is 9.10. The van der Waals surface area contributed by atoms with E-state index >= 15 is 0 Å². The SMILES string of the molecule is CSN(C)c1ccccc1Nc1nc(Cl)ncc1Br. The van der Waals surface area contributed by atoms with E-state index in [2.05, 4.69) is 35.5 Å². The van der Waals surface area contributed by atoms with E-state index in [0.717, 1.165) is 15.8 Å². The van der Waals surface area contributed by atoms with Gasteiger partial charge in [-0.3, -0.25) is 0 Å². The van der Waals surface area contributed by atoms with Crippen LogP contribution in [0.15, 0.2) is 34.9 Å². The number of nitrogens with zero attached hydrogens (tertiary/aromatic N) is 3. The van der Waals surface area contributed by atoms with Crippen molar-refractivity contribution in [3.05, 3.63) is 40.2 Å². The molecule has 0 unspecified atom stereocenters. The van der Waals surface area contributed by atoms with Gasteiger partial charge in [0.05, 0.1) is 15.8 Å². The lowest BCUT2D eigenvalue weighted by Crippen LogP contribution is -2.08. The Morgan fingerprint density at radius 2 is 2.11 bits per heavy atom. The highest BCUT2D eigenvalue weighted by Gasteiger charge is 2.09. The Hall–Kier alpha value is -0.980. The molecule has 0 aliphatic carbocycles. The molecule has 1 N–H and O–H groups in total. The van der Waals surface area contributed by atoms with Crippen LogP contribution in [-0.4, -0.2) is 23.3 Å². The maximum absolute atomic E-state index is 5.82. The minimum atomic E-state index is 0.210. The van der Waals surface area contributed by atoms with Gasteiger partial charge in [-0.1, -0.05) is 24.1 Å². The predicted molar refractivity (Wildman–Crippen MR) is 86.4 cm³/mol. The minimum absolute atomic E-state index is 0.210. The maximum Gasteiger partial charge on any atom is 0.224 e. The molecule has 1 heterocycles. The fourth-order valence-corrected chi connectivity index (χ4v) is 2.29. The van der Waals surface area contributed by atoms with Gasteiger partial charge in [0.25, 0.3) is 0 Å². The van der Waals surface area contributed by atoms with Crippen molar-refractivity contribution in [1.29, 1.82) is 0 Å². The van der Waals surface area contributed by atoms with E-state index in [0.29, 0.717) is 5.82 Å². The van der Waals surface area contributed by atoms with Crippen molar-refractivity contribution in [3.63, 3.8) is 0 Å². The quantitative estimate of drug-likeness (QED) is 0.649. The van der Waals surface area contributed by atoms with Gasteiger partial charge in [0, 0.05) is 19.5 Å². The van der Waals surface area contributed by atoms with Gasteiger partial charge in [-0.25, -0.2) is 4.98 Å². The number of hydrogen-bond donors (Lipinski definition) is 1. The molecule has 1 aromatic heterocycles. The molecule has 0 atom stereocenters. The molecule has 0 saturated heterocycles. The zero-order chi connectivity index (χ0) is 13.8. The van der Waals surface area contributed by atoms with Crippen LogP contribution in [0.4, 0.5) is 17.2 Å². The summed E-state index contributed by atoms with van der Waals surface area (Å²) >= 11 is 10.8. The van der Waals surface area contributed by atoms with Gasteiger partial charge in [0.1, 0.15) is 5.82 Å². The van der Waals surface area contributed by atoms with Crippen molar-refractivity contribution in [2.75, 3.05) is 22.9 Å². The summed E-state index contributed by atoms with van der Waals surface area (Å²) in [6.45, 7) is 0. The van der Waals surface area contributed by atoms with E-state index in [4.69, 9.17) is 11.6 Å². The molecule has 2 aromatic rings. The van der Waals surface area contributed by atoms with Crippen LogP contribution in [0.1, 0.15) is 0 Å². The van der Waals surface area contributed by atoms with Gasteiger partial charge < -0.3 is 9.62 Å². The summed E-state index contributed by atoms with van der Waals surface area (Å²) in [5.74, 6) is 0.641. The summed E-state index contributed by atoms with van der Waals surface area (Å²) < 4.78 is 2.83. The van der Waals surface area contributed by atoms with Crippen molar-refractivity contribution in [2.24, 2.45) is 0 Å². The molecule has 2 rings (SSSR count). The molecule has 0 aliphatic rings. The summed E-state index contributed by atoms with van der Waals surface area (Å²) in [6, 6.07) is 7.99. The normalized spacial score (nSPS) is 10.3. The number of aromatic nitrogens is 2. The van der Waals surface area contributed by atoms with Crippen LogP contribution in [0.2, 0.25) is 5.28 Å². The highest BCUT2D eigenvalue weighted by atomic mass is 79.9. The first-order valence-electron chi connectivity index (χ1n) is 5.43. The monoisotopic (exact) mass is 358 g/mol. The zero-order valence-corrected chi connectivity index (χ0v) is 13.6. The van der Waals surface area contributed by atoms with Gasteiger partial charge in [-0.15, -0.1) is 0 Å². The number of rotatable bonds is 4. The van der Waals surface area contributed by atoms with Crippen molar-refractivity contribution >= 4 is 56.7 Å². The fourth-order valence-electron chi connectivity index (χ4n) is 1.51. The van der Waals surface area contributed by atoms with Crippen molar-refractivity contribution in [2.45, 2.75) is 0 Å². The topological polar surface area (TPSA) is 41.0 Å². The van der Waals surface area contributed by atoms with Crippen LogP contribution in [0.3, 0.4) is 0 Å². The predicted octanol–water partition coefficient (Wildman–Crippen LogP) is 4.35. The van der Waals surface area contributed by atoms with Crippen LogP contribution in [-0.2, 0) is 0 Å². The van der Waals surface area contributed by atoms with E-state index in [1.807, 2.05) is 37.6 Å². The third-order valence-electron chi connectivity index (χ3n) is 2.48. The third kappa shape index (κ3) is 3.52. The highest BCUT2D eigenvalue weighted by Crippen LogP contribution is 2.32. The average molecular weight is 360 g/mol. The minimum Gasteiger partial charge on any atom is -0.337 e. The first-order chi connectivity index (χ1) is 9.11. The van der Waals surface area contributed by atoms with Crippen LogP contribution >= 0.6 is 39.5 Å². The van der Waals surface area contributed by atoms with Gasteiger partial charge >= 0.3 is 0 Å². The van der Waals surface area contributed by atoms with Gasteiger partial charge in [-0.2, -0.15) is 4.98 Å². The molecule has 0 fully saturated rings. The van der Waals surface area contributed by atoms with Gasteiger partial charge in [0.15, 0.2) is 0 Å². The number of para-hydroxylation sites is 2. The molecule has 4 nitrogen and oxygen atoms in total. The smallest absolute Gasteiger partial charge is 0.224 e. The van der Waals surface area contributed by atoms with Crippen molar-refractivity contribution in [3.8, 4) is 0 Å². The Kier molecular flexibility index (Phi) is 4.90. The second-order valence-electron chi connectivity index (χ2n) is 3.66. The Morgan fingerprint density at radius 1 is 1.37 bits per heavy atom. The third-order valence-corrected chi connectivity index (χ3v) is 3.99. The molecule has 7 heteroatoms. The Balaban J connectivity index is 2.35. The second kappa shape index (κ2) is 6.45. The molecule has 0 radical (unpaired) electrons. The summed E-state index contributed by atoms with van der Waals surface area (Å²) in [7, 11) is 2.01. The number of benzene rings is 1. The summed E-state index contributed by atoms with van der Waals surface area (Å²) in [5.41, 5.74) is 2.02. The van der Waals surface area contributed by atoms with Crippen LogP contribution in [0, 0.1) is 0 Å². The van der Waals surface area contributed by atoms with Crippen molar-refractivity contribution < 1.29 is 0 Å². The first kappa shape index (κ1) is 14.4. The molecular formula is C12H12BrClN4S. The number of anilines is 3. The molecule has 100 valence electrons. The average Bonchev–Trinajstić information content (AvgIpc) is 2.42. The zero-order valence-electron chi connectivity index (χ0n) is 10.4. The Bertz CT molecular complexity index is 581. The molecule has 0 amide bonds. The van der Waals surface area contributed by atoms with Crippen LogP contribution in [0.25, 0.3) is 0 Å². The molecule has 0 spiro atoms. The molecule has 0 aliphatic heterocycles. The Labute approximate surface area is 129 Å². The van der Waals surface area contributed by atoms with E-state index < -0.39 is 0 Å². The summed E-state index contributed by atoms with van der Waals surface area (Å²) in [5, 5.41) is 3.47. The first-order valence-corrected chi connectivity index (χ1v) is 7.79. The second-order valence-corrected chi connectivity index (χ2v) is 5.76. The van der Waals surface area contributed by atoms with Crippen LogP contribution in [0.5, 0.6) is 0 Å². The van der Waals surface area contributed by atoms with E-state index in [-0.39, 0.29) is 5.28 Å². The Morgan fingerprint density at radius 3 is 2.84 bits per heavy atom. The number of halogens is 2. The number of hydrogen-bond acceptors (Lipinski definition) is 5. The molecule has 0 saturated carbocycles. The lowest BCUT2D eigenvalue weighted by molar-refractivity contribution is 1.15. The van der Waals surface area contributed by atoms with Crippen molar-refractivity contribution in [1.82, 2.24) is 9.97 Å². The fraction of sp³-hybridized carbons (Fsp3) is 0.167. The van der Waals surface area contributed by atoms with E-state index in [1.165, 1.54) is 0 Å². The van der Waals surface area contributed by atoms with Crippen LogP contribution < -0.4 is 9.62 Å². The van der Waals surface area contributed by atoms with Gasteiger partial charge in [0.2, 0.25) is 5.28 Å². The lowest BCUT2D eigenvalue weighted by atomic mass is 10.2. The molecule has 1 aromatic carbocycles. The summed E-state index contributed by atoms with van der Waals surface area (Å²) in [6.07, 6.45) is 3.65. The summed E-state index contributed by atoms with van der Waals surface area (Å²) in [4.78, 5) is 8.07. The van der Waals surface area contributed by atoms with E-state index in [1.54, 1.807) is 18.1 Å².